The third kappa shape index (κ3) is 5.17. The molecule has 0 aliphatic heterocycles. The van der Waals surface area contributed by atoms with Crippen molar-refractivity contribution in [1.29, 1.82) is 0 Å². The van der Waals surface area contributed by atoms with Crippen LogP contribution in [0.2, 0.25) is 0 Å². The molecule has 7 heteroatoms. The minimum Gasteiger partial charge on any atom is -0.478 e. The highest BCUT2D eigenvalue weighted by Crippen LogP contribution is 2.16. The number of thioether (sulfide) groups is 1. The van der Waals surface area contributed by atoms with Gasteiger partial charge in [-0.25, -0.2) is 14.0 Å². The molecule has 0 aliphatic rings. The van der Waals surface area contributed by atoms with Crippen LogP contribution in [0.3, 0.4) is 0 Å². The Morgan fingerprint density at radius 1 is 1.42 bits per heavy atom. The summed E-state index contributed by atoms with van der Waals surface area (Å²) in [5.41, 5.74) is -0.212. The predicted octanol–water partition coefficient (Wildman–Crippen LogP) is 2.40. The molecule has 1 rings (SSSR count). The fraction of sp³-hybridized carbons (Fsp3) is 0.333. The molecule has 1 aromatic carbocycles. The maximum absolute atomic E-state index is 12.9. The topological polar surface area (TPSA) is 78.4 Å². The number of hydrogen-bond acceptors (Lipinski definition) is 3. The van der Waals surface area contributed by atoms with Gasteiger partial charge in [-0.1, -0.05) is 0 Å². The normalized spacial score (nSPS) is 10.0. The molecule has 0 saturated carbocycles. The first-order chi connectivity index (χ1) is 9.04. The van der Waals surface area contributed by atoms with Crippen molar-refractivity contribution >= 4 is 29.4 Å². The number of carboxylic acids is 1. The summed E-state index contributed by atoms with van der Waals surface area (Å²) in [5.74, 6) is -1.03. The molecule has 0 aliphatic carbocycles. The van der Waals surface area contributed by atoms with Crippen LogP contribution in [-0.2, 0) is 0 Å². The maximum atomic E-state index is 12.9. The Hall–Kier alpha value is -1.76. The van der Waals surface area contributed by atoms with E-state index in [1.165, 1.54) is 6.07 Å². The zero-order valence-corrected chi connectivity index (χ0v) is 11.2. The van der Waals surface area contributed by atoms with Crippen LogP contribution in [-0.4, -0.2) is 35.7 Å². The molecular weight excluding hydrogens is 271 g/mol. The van der Waals surface area contributed by atoms with E-state index >= 15 is 0 Å². The molecule has 0 aromatic heterocycles. The Bertz CT molecular complexity index is 468. The second kappa shape index (κ2) is 7.63. The van der Waals surface area contributed by atoms with Gasteiger partial charge in [0.05, 0.1) is 11.3 Å². The number of benzene rings is 1. The van der Waals surface area contributed by atoms with Crippen LogP contribution < -0.4 is 10.6 Å². The summed E-state index contributed by atoms with van der Waals surface area (Å²) in [6, 6.07) is 2.68. The van der Waals surface area contributed by atoms with Crippen LogP contribution in [0.4, 0.5) is 14.9 Å². The molecule has 0 radical (unpaired) electrons. The second-order valence-corrected chi connectivity index (χ2v) is 4.71. The van der Waals surface area contributed by atoms with Gasteiger partial charge in [-0.15, -0.1) is 0 Å². The fourth-order valence-corrected chi connectivity index (χ4v) is 1.82. The van der Waals surface area contributed by atoms with Gasteiger partial charge < -0.3 is 15.7 Å². The van der Waals surface area contributed by atoms with Crippen molar-refractivity contribution in [2.75, 3.05) is 23.9 Å². The smallest absolute Gasteiger partial charge is 0.337 e. The van der Waals surface area contributed by atoms with Crippen molar-refractivity contribution in [3.8, 4) is 0 Å². The van der Waals surface area contributed by atoms with Gasteiger partial charge in [0, 0.05) is 6.54 Å². The summed E-state index contributed by atoms with van der Waals surface area (Å²) in [6.45, 7) is 0.496. The summed E-state index contributed by atoms with van der Waals surface area (Å²) in [6.07, 6.45) is 2.79. The minimum absolute atomic E-state index is 0.0660. The monoisotopic (exact) mass is 286 g/mol. The predicted molar refractivity (Wildman–Crippen MR) is 73.4 cm³/mol. The molecule has 0 spiro atoms. The number of urea groups is 1. The lowest BCUT2D eigenvalue weighted by Gasteiger charge is -2.09. The Labute approximate surface area is 114 Å². The Kier molecular flexibility index (Phi) is 6.14. The number of amides is 2. The molecule has 3 N–H and O–H groups in total. The molecule has 2 amide bonds. The molecule has 0 atom stereocenters. The van der Waals surface area contributed by atoms with Gasteiger partial charge in [-0.05, 0) is 36.6 Å². The van der Waals surface area contributed by atoms with Crippen LogP contribution in [0.1, 0.15) is 16.8 Å². The Balaban J connectivity index is 2.61. The quantitative estimate of drug-likeness (QED) is 0.702. The van der Waals surface area contributed by atoms with E-state index in [0.29, 0.717) is 6.54 Å². The standard InChI is InChI=1S/C12H15FN2O3S/c1-19-6-2-5-14-12(18)15-10-4-3-8(13)7-9(10)11(16)17/h3-4,7H,2,5-6H2,1H3,(H,16,17)(H2,14,15,18). The van der Waals surface area contributed by atoms with Gasteiger partial charge in [-0.3, -0.25) is 0 Å². The van der Waals surface area contributed by atoms with Crippen LogP contribution in [0.25, 0.3) is 0 Å². The lowest BCUT2D eigenvalue weighted by Crippen LogP contribution is -2.30. The Morgan fingerprint density at radius 3 is 2.79 bits per heavy atom. The Morgan fingerprint density at radius 2 is 2.16 bits per heavy atom. The number of carboxylic acid groups (broad SMARTS) is 1. The molecule has 104 valence electrons. The van der Waals surface area contributed by atoms with Gasteiger partial charge >= 0.3 is 12.0 Å². The third-order valence-corrected chi connectivity index (χ3v) is 2.97. The van der Waals surface area contributed by atoms with Crippen LogP contribution in [0.15, 0.2) is 18.2 Å². The lowest BCUT2D eigenvalue weighted by atomic mass is 10.2. The highest BCUT2D eigenvalue weighted by molar-refractivity contribution is 7.98. The number of halogens is 1. The number of anilines is 1. The lowest BCUT2D eigenvalue weighted by molar-refractivity contribution is 0.0697. The van der Waals surface area contributed by atoms with Crippen LogP contribution in [0.5, 0.6) is 0 Å². The van der Waals surface area contributed by atoms with Gasteiger partial charge in [0.1, 0.15) is 5.82 Å². The van der Waals surface area contributed by atoms with E-state index in [1.807, 2.05) is 6.26 Å². The van der Waals surface area contributed by atoms with Crippen LogP contribution in [0, 0.1) is 5.82 Å². The number of nitrogens with one attached hydrogen (secondary N) is 2. The molecule has 0 saturated heterocycles. The van der Waals surface area contributed by atoms with E-state index < -0.39 is 17.8 Å². The van der Waals surface area contributed by atoms with E-state index in [1.54, 1.807) is 11.8 Å². The summed E-state index contributed by atoms with van der Waals surface area (Å²) < 4.78 is 12.9. The maximum Gasteiger partial charge on any atom is 0.337 e. The fourth-order valence-electron chi connectivity index (χ4n) is 1.39. The van der Waals surface area contributed by atoms with E-state index in [9.17, 15) is 14.0 Å². The van der Waals surface area contributed by atoms with Crippen LogP contribution >= 0.6 is 11.8 Å². The average molecular weight is 286 g/mol. The highest BCUT2D eigenvalue weighted by Gasteiger charge is 2.13. The summed E-state index contributed by atoms with van der Waals surface area (Å²) in [7, 11) is 0. The van der Waals surface area contributed by atoms with Gasteiger partial charge in [-0.2, -0.15) is 11.8 Å². The first-order valence-electron chi connectivity index (χ1n) is 5.61. The number of carbonyl (C=O) groups is 2. The van der Waals surface area contributed by atoms with Crippen molar-refractivity contribution in [2.24, 2.45) is 0 Å². The first-order valence-corrected chi connectivity index (χ1v) is 7.00. The number of hydrogen-bond donors (Lipinski definition) is 3. The van der Waals surface area contributed by atoms with E-state index in [0.717, 1.165) is 24.3 Å². The molecule has 1 aromatic rings. The summed E-state index contributed by atoms with van der Waals surface area (Å²) in [4.78, 5) is 22.4. The van der Waals surface area contributed by atoms with Crippen molar-refractivity contribution in [3.63, 3.8) is 0 Å². The van der Waals surface area contributed by atoms with Gasteiger partial charge in [0.15, 0.2) is 0 Å². The SMILES string of the molecule is CSCCCNC(=O)Nc1ccc(F)cc1C(=O)O. The third-order valence-electron chi connectivity index (χ3n) is 2.27. The molecule has 0 unspecified atom stereocenters. The second-order valence-electron chi connectivity index (χ2n) is 3.72. The first kappa shape index (κ1) is 15.3. The molecule has 0 bridgehead atoms. The van der Waals surface area contributed by atoms with E-state index in [-0.39, 0.29) is 11.3 Å². The van der Waals surface area contributed by atoms with E-state index in [4.69, 9.17) is 5.11 Å². The summed E-state index contributed by atoms with van der Waals surface area (Å²) in [5, 5.41) is 13.9. The molecular formula is C12H15FN2O3S. The van der Waals surface area contributed by atoms with Crippen molar-refractivity contribution < 1.29 is 19.1 Å². The van der Waals surface area contributed by atoms with Crippen molar-refractivity contribution in [3.05, 3.63) is 29.6 Å². The zero-order chi connectivity index (χ0) is 14.3. The number of rotatable bonds is 6. The number of aromatic carboxylic acids is 1. The average Bonchev–Trinajstić information content (AvgIpc) is 2.36. The minimum atomic E-state index is -1.29. The van der Waals surface area contributed by atoms with E-state index in [2.05, 4.69) is 10.6 Å². The van der Waals surface area contributed by atoms with Gasteiger partial charge in [0.2, 0.25) is 0 Å². The highest BCUT2D eigenvalue weighted by atomic mass is 32.2. The van der Waals surface area contributed by atoms with Crippen molar-refractivity contribution in [1.82, 2.24) is 5.32 Å². The summed E-state index contributed by atoms with van der Waals surface area (Å²) >= 11 is 1.67. The molecule has 0 heterocycles. The zero-order valence-electron chi connectivity index (χ0n) is 10.4. The molecule has 19 heavy (non-hydrogen) atoms. The molecule has 5 nitrogen and oxygen atoms in total. The van der Waals surface area contributed by atoms with Crippen molar-refractivity contribution in [2.45, 2.75) is 6.42 Å². The largest absolute Gasteiger partial charge is 0.478 e. The van der Waals surface area contributed by atoms with Gasteiger partial charge in [0.25, 0.3) is 0 Å². The molecule has 0 fully saturated rings. The number of carbonyl (C=O) groups excluding carboxylic acids is 1.